The number of carbonyl (C=O) groups is 1. The molecule has 1 aliphatic rings. The van der Waals surface area contributed by atoms with Crippen LogP contribution in [0.3, 0.4) is 0 Å². The van der Waals surface area contributed by atoms with Crippen molar-refractivity contribution in [1.82, 2.24) is 0 Å². The lowest BCUT2D eigenvalue weighted by Gasteiger charge is -2.17. The van der Waals surface area contributed by atoms with Crippen LogP contribution in [0.2, 0.25) is 0 Å². The van der Waals surface area contributed by atoms with Crippen molar-refractivity contribution < 1.29 is 14.3 Å². The fraction of sp³-hybridized carbons (Fsp3) is 0.533. The third-order valence-corrected chi connectivity index (χ3v) is 3.27. The van der Waals surface area contributed by atoms with Crippen molar-refractivity contribution in [2.75, 3.05) is 7.11 Å². The molecule has 0 radical (unpaired) electrons. The van der Waals surface area contributed by atoms with Gasteiger partial charge >= 0.3 is 5.97 Å². The van der Waals surface area contributed by atoms with Crippen LogP contribution in [0.4, 0.5) is 0 Å². The van der Waals surface area contributed by atoms with Gasteiger partial charge in [-0.05, 0) is 36.5 Å². The van der Waals surface area contributed by atoms with E-state index in [0.29, 0.717) is 11.8 Å². The largest absolute Gasteiger partial charge is 0.478 e. The van der Waals surface area contributed by atoms with E-state index in [-0.39, 0.29) is 5.97 Å². The minimum Gasteiger partial charge on any atom is -0.478 e. The smallest absolute Gasteiger partial charge is 0.347 e. The maximum absolute atomic E-state index is 11.7. The van der Waals surface area contributed by atoms with Crippen LogP contribution in [0.5, 0.6) is 5.75 Å². The molecule has 2 rings (SSSR count). The zero-order chi connectivity index (χ0) is 13.1. The van der Waals surface area contributed by atoms with Gasteiger partial charge in [-0.3, -0.25) is 0 Å². The molecule has 18 heavy (non-hydrogen) atoms. The van der Waals surface area contributed by atoms with Crippen LogP contribution in [0.25, 0.3) is 0 Å². The Morgan fingerprint density at radius 2 is 2.06 bits per heavy atom. The monoisotopic (exact) mass is 248 g/mol. The molecule has 0 aliphatic heterocycles. The minimum atomic E-state index is -0.447. The highest BCUT2D eigenvalue weighted by Crippen LogP contribution is 2.35. The lowest BCUT2D eigenvalue weighted by molar-refractivity contribution is -0.149. The predicted molar refractivity (Wildman–Crippen MR) is 69.7 cm³/mol. The summed E-state index contributed by atoms with van der Waals surface area (Å²) in [5.74, 6) is 1.25. The highest BCUT2D eigenvalue weighted by atomic mass is 16.6. The number of benzene rings is 1. The number of rotatable bonds is 5. The van der Waals surface area contributed by atoms with Crippen molar-refractivity contribution >= 4 is 5.97 Å². The summed E-state index contributed by atoms with van der Waals surface area (Å²) in [6.07, 6.45) is 1.64. The summed E-state index contributed by atoms with van der Waals surface area (Å²) >= 11 is 0. The maximum atomic E-state index is 11.7. The number of ether oxygens (including phenoxy) is 2. The highest BCUT2D eigenvalue weighted by molar-refractivity contribution is 5.75. The van der Waals surface area contributed by atoms with E-state index in [4.69, 9.17) is 9.47 Å². The lowest BCUT2D eigenvalue weighted by Crippen LogP contribution is -2.30. The van der Waals surface area contributed by atoms with Crippen molar-refractivity contribution in [3.8, 4) is 5.75 Å². The Labute approximate surface area is 108 Å². The first-order chi connectivity index (χ1) is 8.61. The van der Waals surface area contributed by atoms with Crippen LogP contribution in [-0.4, -0.2) is 19.2 Å². The van der Waals surface area contributed by atoms with Crippen LogP contribution in [0.1, 0.15) is 38.2 Å². The highest BCUT2D eigenvalue weighted by Gasteiger charge is 2.39. The van der Waals surface area contributed by atoms with Gasteiger partial charge in [0.25, 0.3) is 0 Å². The molecule has 0 N–H and O–H groups in total. The van der Waals surface area contributed by atoms with Gasteiger partial charge in [0.15, 0.2) is 6.10 Å². The first kappa shape index (κ1) is 12.9. The van der Waals surface area contributed by atoms with Crippen molar-refractivity contribution in [3.63, 3.8) is 0 Å². The Bertz CT molecular complexity index is 422. The normalized spacial score (nSPS) is 16.4. The summed E-state index contributed by atoms with van der Waals surface area (Å²) in [5, 5.41) is 0. The zero-order valence-electron chi connectivity index (χ0n) is 11.2. The summed E-state index contributed by atoms with van der Waals surface area (Å²) in [7, 11) is 1.41. The van der Waals surface area contributed by atoms with Crippen LogP contribution < -0.4 is 4.74 Å². The second-order valence-corrected chi connectivity index (χ2v) is 5.13. The van der Waals surface area contributed by atoms with Crippen molar-refractivity contribution in [1.29, 1.82) is 0 Å². The average Bonchev–Trinajstić information content (AvgIpc) is 3.19. The second-order valence-electron chi connectivity index (χ2n) is 5.13. The topological polar surface area (TPSA) is 35.5 Å². The van der Waals surface area contributed by atoms with E-state index >= 15 is 0 Å². The van der Waals surface area contributed by atoms with E-state index in [1.807, 2.05) is 18.2 Å². The molecule has 3 heteroatoms. The Balaban J connectivity index is 2.11. The van der Waals surface area contributed by atoms with Gasteiger partial charge in [0.05, 0.1) is 7.11 Å². The van der Waals surface area contributed by atoms with Crippen molar-refractivity contribution in [2.45, 2.75) is 38.7 Å². The number of methoxy groups -OCH3 is 1. The lowest BCUT2D eigenvalue weighted by atomic mass is 10.0. The fourth-order valence-electron chi connectivity index (χ4n) is 1.95. The van der Waals surface area contributed by atoms with Crippen LogP contribution in [-0.2, 0) is 9.53 Å². The van der Waals surface area contributed by atoms with Gasteiger partial charge < -0.3 is 9.47 Å². The second kappa shape index (κ2) is 5.42. The average molecular weight is 248 g/mol. The van der Waals surface area contributed by atoms with E-state index < -0.39 is 6.10 Å². The minimum absolute atomic E-state index is 0.271. The molecule has 1 fully saturated rings. The fourth-order valence-corrected chi connectivity index (χ4v) is 1.95. The molecule has 0 aromatic heterocycles. The molecule has 1 saturated carbocycles. The van der Waals surface area contributed by atoms with Crippen molar-refractivity contribution in [3.05, 3.63) is 29.8 Å². The molecular formula is C15H20O3. The van der Waals surface area contributed by atoms with Gasteiger partial charge in [0, 0.05) is 5.92 Å². The first-order valence-electron chi connectivity index (χ1n) is 6.46. The van der Waals surface area contributed by atoms with E-state index in [1.165, 1.54) is 12.7 Å². The van der Waals surface area contributed by atoms with Gasteiger partial charge in [-0.15, -0.1) is 0 Å². The van der Waals surface area contributed by atoms with Crippen LogP contribution in [0, 0.1) is 5.92 Å². The molecule has 1 aliphatic carbocycles. The summed E-state index contributed by atoms with van der Waals surface area (Å²) in [5.41, 5.74) is 1.21. The molecule has 0 spiro atoms. The summed E-state index contributed by atoms with van der Waals surface area (Å²) in [6, 6.07) is 7.93. The predicted octanol–water partition coefficient (Wildman–Crippen LogP) is 3.14. The third kappa shape index (κ3) is 3.03. The van der Waals surface area contributed by atoms with Gasteiger partial charge in [0.1, 0.15) is 5.75 Å². The quantitative estimate of drug-likeness (QED) is 0.751. The van der Waals surface area contributed by atoms with Crippen LogP contribution in [0.15, 0.2) is 24.3 Å². The number of esters is 1. The molecule has 0 heterocycles. The van der Waals surface area contributed by atoms with Gasteiger partial charge in [0.2, 0.25) is 0 Å². The SMILES string of the molecule is COC(=O)C(Oc1cccc(C(C)C)c1)C1CC1. The summed E-state index contributed by atoms with van der Waals surface area (Å²) in [6.45, 7) is 4.27. The third-order valence-electron chi connectivity index (χ3n) is 3.27. The summed E-state index contributed by atoms with van der Waals surface area (Å²) < 4.78 is 10.6. The maximum Gasteiger partial charge on any atom is 0.347 e. The van der Waals surface area contributed by atoms with Gasteiger partial charge in [-0.2, -0.15) is 0 Å². The number of hydrogen-bond acceptors (Lipinski definition) is 3. The standard InChI is InChI=1S/C15H20O3/c1-10(2)12-5-4-6-13(9-12)18-14(11-7-8-11)15(16)17-3/h4-6,9-11,14H,7-8H2,1-3H3. The van der Waals surface area contributed by atoms with Gasteiger partial charge in [-0.25, -0.2) is 4.79 Å². The number of carbonyl (C=O) groups excluding carboxylic acids is 1. The molecular weight excluding hydrogens is 228 g/mol. The first-order valence-corrected chi connectivity index (χ1v) is 6.46. The van der Waals surface area contributed by atoms with Gasteiger partial charge in [-0.1, -0.05) is 26.0 Å². The van der Waals surface area contributed by atoms with E-state index in [0.717, 1.165) is 18.6 Å². The molecule has 3 nitrogen and oxygen atoms in total. The van der Waals surface area contributed by atoms with E-state index in [1.54, 1.807) is 0 Å². The molecule has 1 aromatic carbocycles. The molecule has 1 atom stereocenters. The molecule has 1 aromatic rings. The Morgan fingerprint density at radius 1 is 1.33 bits per heavy atom. The molecule has 0 amide bonds. The summed E-state index contributed by atoms with van der Waals surface area (Å²) in [4.78, 5) is 11.7. The zero-order valence-corrected chi connectivity index (χ0v) is 11.2. The Kier molecular flexibility index (Phi) is 3.90. The number of hydrogen-bond donors (Lipinski definition) is 0. The molecule has 98 valence electrons. The molecule has 1 unspecified atom stereocenters. The Hall–Kier alpha value is -1.51. The molecule has 0 saturated heterocycles. The molecule has 0 bridgehead atoms. The van der Waals surface area contributed by atoms with E-state index in [9.17, 15) is 4.79 Å². The van der Waals surface area contributed by atoms with Crippen LogP contribution >= 0.6 is 0 Å². The van der Waals surface area contributed by atoms with E-state index in [2.05, 4.69) is 19.9 Å². The Morgan fingerprint density at radius 3 is 2.61 bits per heavy atom. The van der Waals surface area contributed by atoms with Crippen molar-refractivity contribution in [2.24, 2.45) is 5.92 Å².